The van der Waals surface area contributed by atoms with Gasteiger partial charge in [-0.1, -0.05) is 19.9 Å². The molecule has 1 saturated heterocycles. The van der Waals surface area contributed by atoms with E-state index in [1.165, 1.54) is 4.90 Å². The van der Waals surface area contributed by atoms with Crippen molar-refractivity contribution in [1.29, 1.82) is 0 Å². The van der Waals surface area contributed by atoms with Crippen LogP contribution in [0, 0.1) is 5.92 Å². The zero-order valence-electron chi connectivity index (χ0n) is 15.0. The molecule has 0 aromatic heterocycles. The Kier molecular flexibility index (Phi) is 5.06. The maximum absolute atomic E-state index is 12.7. The number of piperidine rings is 1. The van der Waals surface area contributed by atoms with Gasteiger partial charge >= 0.3 is 0 Å². The van der Waals surface area contributed by atoms with Gasteiger partial charge in [0.25, 0.3) is 5.91 Å². The summed E-state index contributed by atoms with van der Waals surface area (Å²) in [6.45, 7) is 4.46. The molecule has 7 heteroatoms. The molecule has 4 amide bonds. The molecule has 2 aliphatic heterocycles. The zero-order chi connectivity index (χ0) is 18.8. The Bertz CT molecular complexity index is 772. The van der Waals surface area contributed by atoms with Gasteiger partial charge in [-0.25, -0.2) is 0 Å². The van der Waals surface area contributed by atoms with Crippen LogP contribution in [-0.4, -0.2) is 34.6 Å². The highest BCUT2D eigenvalue weighted by atomic mass is 16.2. The van der Waals surface area contributed by atoms with E-state index >= 15 is 0 Å². The van der Waals surface area contributed by atoms with Gasteiger partial charge in [0.1, 0.15) is 6.04 Å². The minimum Gasteiger partial charge on any atom is -0.326 e. The molecule has 0 aliphatic carbocycles. The Morgan fingerprint density at radius 3 is 2.77 bits per heavy atom. The van der Waals surface area contributed by atoms with E-state index in [2.05, 4.69) is 24.5 Å². The number of carbonyl (C=O) groups is 4. The smallest absolute Gasteiger partial charge is 0.255 e. The van der Waals surface area contributed by atoms with Gasteiger partial charge in [-0.2, -0.15) is 0 Å². The lowest BCUT2D eigenvalue weighted by Gasteiger charge is -2.29. The summed E-state index contributed by atoms with van der Waals surface area (Å²) < 4.78 is 0. The van der Waals surface area contributed by atoms with Crippen LogP contribution < -0.4 is 10.6 Å². The minimum absolute atomic E-state index is 0.0777. The molecule has 0 saturated carbocycles. The van der Waals surface area contributed by atoms with Crippen molar-refractivity contribution in [3.05, 3.63) is 29.3 Å². The second-order valence-corrected chi connectivity index (χ2v) is 7.25. The van der Waals surface area contributed by atoms with Gasteiger partial charge < -0.3 is 10.2 Å². The molecule has 1 aromatic rings. The number of rotatable bonds is 5. The summed E-state index contributed by atoms with van der Waals surface area (Å²) in [5.74, 6) is -0.602. The Morgan fingerprint density at radius 2 is 2.08 bits per heavy atom. The molecule has 2 N–H and O–H groups in total. The number of fused-ring (bicyclic) bond motifs is 1. The Morgan fingerprint density at radius 1 is 1.31 bits per heavy atom. The molecule has 0 spiro atoms. The van der Waals surface area contributed by atoms with Crippen molar-refractivity contribution in [2.24, 2.45) is 5.92 Å². The first kappa shape index (κ1) is 18.1. The van der Waals surface area contributed by atoms with E-state index in [0.717, 1.165) is 12.0 Å². The quantitative estimate of drug-likeness (QED) is 0.786. The third-order valence-corrected chi connectivity index (χ3v) is 4.76. The van der Waals surface area contributed by atoms with Crippen molar-refractivity contribution in [2.75, 3.05) is 5.32 Å². The van der Waals surface area contributed by atoms with Crippen LogP contribution in [0.4, 0.5) is 5.69 Å². The highest BCUT2D eigenvalue weighted by Crippen LogP contribution is 2.29. The molecule has 3 rings (SSSR count). The predicted molar refractivity (Wildman–Crippen MR) is 95.2 cm³/mol. The lowest BCUT2D eigenvalue weighted by molar-refractivity contribution is -0.137. The second-order valence-electron chi connectivity index (χ2n) is 7.25. The van der Waals surface area contributed by atoms with E-state index < -0.39 is 11.9 Å². The standard InChI is InChI=1S/C19H23N3O4/c1-11(2)3-7-16(23)20-13-5-4-12-10-22(19(26)14(12)9-13)15-6-8-17(24)21-18(15)25/h4-5,9,11,15H,3,6-8,10H2,1-2H3,(H,20,23)(H,21,24,25). The average Bonchev–Trinajstić information content (AvgIpc) is 2.90. The van der Waals surface area contributed by atoms with Crippen molar-refractivity contribution in [3.63, 3.8) is 0 Å². The van der Waals surface area contributed by atoms with Crippen molar-refractivity contribution in [1.82, 2.24) is 10.2 Å². The third kappa shape index (κ3) is 3.76. The molecule has 0 bridgehead atoms. The highest BCUT2D eigenvalue weighted by molar-refractivity contribution is 6.06. The van der Waals surface area contributed by atoms with Crippen molar-refractivity contribution < 1.29 is 19.2 Å². The molecule has 1 aromatic carbocycles. The zero-order valence-corrected chi connectivity index (χ0v) is 15.0. The maximum atomic E-state index is 12.7. The van der Waals surface area contributed by atoms with E-state index in [9.17, 15) is 19.2 Å². The monoisotopic (exact) mass is 357 g/mol. The number of nitrogens with one attached hydrogen (secondary N) is 2. The summed E-state index contributed by atoms with van der Waals surface area (Å²) in [6.07, 6.45) is 1.81. The summed E-state index contributed by atoms with van der Waals surface area (Å²) in [7, 11) is 0. The summed E-state index contributed by atoms with van der Waals surface area (Å²) >= 11 is 0. The van der Waals surface area contributed by atoms with Gasteiger partial charge in [0.2, 0.25) is 17.7 Å². The first-order valence-corrected chi connectivity index (χ1v) is 8.92. The number of hydrogen-bond donors (Lipinski definition) is 2. The van der Waals surface area contributed by atoms with Gasteiger partial charge in [-0.15, -0.1) is 0 Å². The largest absolute Gasteiger partial charge is 0.326 e. The van der Waals surface area contributed by atoms with Crippen LogP contribution in [0.2, 0.25) is 0 Å². The first-order valence-electron chi connectivity index (χ1n) is 8.92. The first-order chi connectivity index (χ1) is 12.3. The van der Waals surface area contributed by atoms with E-state index in [1.807, 2.05) is 0 Å². The van der Waals surface area contributed by atoms with E-state index in [-0.39, 0.29) is 24.1 Å². The van der Waals surface area contributed by atoms with Gasteiger partial charge in [0, 0.05) is 30.6 Å². The molecule has 7 nitrogen and oxygen atoms in total. The third-order valence-electron chi connectivity index (χ3n) is 4.76. The van der Waals surface area contributed by atoms with Crippen LogP contribution in [0.25, 0.3) is 0 Å². The van der Waals surface area contributed by atoms with Gasteiger partial charge in [0.15, 0.2) is 0 Å². The number of carbonyl (C=O) groups excluding carboxylic acids is 4. The fourth-order valence-corrected chi connectivity index (χ4v) is 3.28. The number of nitrogens with zero attached hydrogens (tertiary/aromatic N) is 1. The molecule has 138 valence electrons. The number of anilines is 1. The minimum atomic E-state index is -0.628. The summed E-state index contributed by atoms with van der Waals surface area (Å²) in [6, 6.07) is 4.61. The lowest BCUT2D eigenvalue weighted by atomic mass is 10.0. The average molecular weight is 357 g/mol. The summed E-state index contributed by atoms with van der Waals surface area (Å²) in [4.78, 5) is 49.6. The van der Waals surface area contributed by atoms with Crippen LogP contribution in [0.3, 0.4) is 0 Å². The summed E-state index contributed by atoms with van der Waals surface area (Å²) in [5, 5.41) is 5.11. The molecule has 1 unspecified atom stereocenters. The molecule has 1 atom stereocenters. The van der Waals surface area contributed by atoms with Gasteiger partial charge in [0.05, 0.1) is 0 Å². The van der Waals surface area contributed by atoms with Gasteiger partial charge in [-0.3, -0.25) is 24.5 Å². The molecule has 2 aliphatic rings. The predicted octanol–water partition coefficient (Wildman–Crippen LogP) is 1.82. The van der Waals surface area contributed by atoms with E-state index in [0.29, 0.717) is 36.6 Å². The van der Waals surface area contributed by atoms with Crippen molar-refractivity contribution in [3.8, 4) is 0 Å². The fraction of sp³-hybridized carbons (Fsp3) is 0.474. The van der Waals surface area contributed by atoms with Crippen LogP contribution in [0.15, 0.2) is 18.2 Å². The maximum Gasteiger partial charge on any atom is 0.255 e. The Balaban J connectivity index is 1.70. The lowest BCUT2D eigenvalue weighted by Crippen LogP contribution is -2.52. The highest BCUT2D eigenvalue weighted by Gasteiger charge is 2.39. The molecule has 1 fully saturated rings. The van der Waals surface area contributed by atoms with Crippen LogP contribution in [-0.2, 0) is 20.9 Å². The number of amides is 4. The number of imide groups is 1. The van der Waals surface area contributed by atoms with Crippen LogP contribution in [0.5, 0.6) is 0 Å². The Hall–Kier alpha value is -2.70. The second kappa shape index (κ2) is 7.27. The molecule has 2 heterocycles. The van der Waals surface area contributed by atoms with Gasteiger partial charge in [-0.05, 0) is 36.5 Å². The van der Waals surface area contributed by atoms with E-state index in [4.69, 9.17) is 0 Å². The number of hydrogen-bond acceptors (Lipinski definition) is 4. The van der Waals surface area contributed by atoms with Crippen LogP contribution >= 0.6 is 0 Å². The Labute approximate surface area is 152 Å². The van der Waals surface area contributed by atoms with Crippen molar-refractivity contribution >= 4 is 29.3 Å². The molecule has 26 heavy (non-hydrogen) atoms. The number of benzene rings is 1. The molecular weight excluding hydrogens is 334 g/mol. The van der Waals surface area contributed by atoms with E-state index in [1.54, 1.807) is 18.2 Å². The molecule has 0 radical (unpaired) electrons. The normalized spacial score (nSPS) is 19.6. The fourth-order valence-electron chi connectivity index (χ4n) is 3.28. The van der Waals surface area contributed by atoms with Crippen molar-refractivity contribution in [2.45, 2.75) is 52.1 Å². The molecular formula is C19H23N3O4. The summed E-state index contributed by atoms with van der Waals surface area (Å²) in [5.41, 5.74) is 1.90. The SMILES string of the molecule is CC(C)CCC(=O)Nc1ccc2c(c1)C(=O)N(C1CCC(=O)NC1=O)C2. The topological polar surface area (TPSA) is 95.6 Å². The van der Waals surface area contributed by atoms with Crippen LogP contribution in [0.1, 0.15) is 55.5 Å².